The maximum atomic E-state index is 12.2. The maximum absolute atomic E-state index is 12.2. The number of nitrogens with one attached hydrogen (secondary N) is 1. The van der Waals surface area contributed by atoms with Crippen molar-refractivity contribution >= 4 is 17.2 Å². The lowest BCUT2D eigenvalue weighted by Gasteiger charge is -2.34. The first-order chi connectivity index (χ1) is 8.66. The van der Waals surface area contributed by atoms with Gasteiger partial charge in [-0.3, -0.25) is 9.69 Å². The Morgan fingerprint density at radius 2 is 2.50 bits per heavy atom. The Labute approximate surface area is 113 Å². The zero-order valence-corrected chi connectivity index (χ0v) is 11.9. The third kappa shape index (κ3) is 3.54. The summed E-state index contributed by atoms with van der Waals surface area (Å²) in [5.74, 6) is 0.204. The summed E-state index contributed by atoms with van der Waals surface area (Å²) in [6.07, 6.45) is 0. The van der Waals surface area contributed by atoms with E-state index < -0.39 is 0 Å². The molecule has 100 valence electrons. The van der Waals surface area contributed by atoms with E-state index in [-0.39, 0.29) is 5.91 Å². The van der Waals surface area contributed by atoms with Crippen LogP contribution < -0.4 is 5.32 Å². The Hall–Kier alpha value is -0.910. The molecule has 2 rings (SSSR count). The molecular formula is C13H21N3OS. The first-order valence-electron chi connectivity index (χ1n) is 6.36. The second-order valence-electron chi connectivity index (χ2n) is 4.91. The van der Waals surface area contributed by atoms with Crippen LogP contribution in [0.5, 0.6) is 0 Å². The third-order valence-electron chi connectivity index (χ3n) is 3.40. The van der Waals surface area contributed by atoms with Crippen LogP contribution in [0.4, 0.5) is 0 Å². The van der Waals surface area contributed by atoms with Crippen molar-refractivity contribution in [3.8, 4) is 0 Å². The Morgan fingerprint density at radius 1 is 1.67 bits per heavy atom. The van der Waals surface area contributed by atoms with Crippen molar-refractivity contribution in [3.63, 3.8) is 0 Å². The van der Waals surface area contributed by atoms with Crippen molar-refractivity contribution < 1.29 is 4.79 Å². The number of carbonyl (C=O) groups excluding carboxylic acids is 1. The summed E-state index contributed by atoms with van der Waals surface area (Å²) < 4.78 is 0. The normalized spacial score (nSPS) is 20.9. The van der Waals surface area contributed by atoms with Crippen molar-refractivity contribution in [2.75, 3.05) is 33.2 Å². The second-order valence-corrected chi connectivity index (χ2v) is 5.69. The van der Waals surface area contributed by atoms with E-state index in [9.17, 15) is 4.79 Å². The molecule has 0 bridgehead atoms. The largest absolute Gasteiger partial charge is 0.340 e. The highest BCUT2D eigenvalue weighted by atomic mass is 32.1. The summed E-state index contributed by atoms with van der Waals surface area (Å²) in [6.45, 7) is 6.32. The maximum Gasteiger partial charge on any atom is 0.236 e. The Morgan fingerprint density at radius 3 is 3.17 bits per heavy atom. The number of hydrogen-bond donors (Lipinski definition) is 1. The highest BCUT2D eigenvalue weighted by Gasteiger charge is 2.21. The SMILES string of the molecule is CC1CNCCN1CC(=O)N(C)Cc1ccsc1. The van der Waals surface area contributed by atoms with Crippen LogP contribution in [0.3, 0.4) is 0 Å². The fourth-order valence-corrected chi connectivity index (χ4v) is 2.82. The predicted molar refractivity (Wildman–Crippen MR) is 74.7 cm³/mol. The van der Waals surface area contributed by atoms with Crippen molar-refractivity contribution in [2.45, 2.75) is 19.5 Å². The number of likely N-dealkylation sites (N-methyl/N-ethyl adjacent to an activating group) is 1. The third-order valence-corrected chi connectivity index (χ3v) is 4.13. The van der Waals surface area contributed by atoms with Crippen molar-refractivity contribution in [1.82, 2.24) is 15.1 Å². The van der Waals surface area contributed by atoms with Gasteiger partial charge >= 0.3 is 0 Å². The number of amides is 1. The van der Waals surface area contributed by atoms with E-state index in [4.69, 9.17) is 0 Å². The molecule has 18 heavy (non-hydrogen) atoms. The lowest BCUT2D eigenvalue weighted by atomic mass is 10.2. The van der Waals surface area contributed by atoms with E-state index in [0.717, 1.165) is 19.6 Å². The first kappa shape index (κ1) is 13.5. The highest BCUT2D eigenvalue weighted by molar-refractivity contribution is 7.07. The van der Waals surface area contributed by atoms with Gasteiger partial charge in [0.05, 0.1) is 6.54 Å². The topological polar surface area (TPSA) is 35.6 Å². The van der Waals surface area contributed by atoms with Gasteiger partial charge in [-0.1, -0.05) is 0 Å². The number of carbonyl (C=O) groups is 1. The zero-order chi connectivity index (χ0) is 13.0. The van der Waals surface area contributed by atoms with Crippen LogP contribution >= 0.6 is 11.3 Å². The summed E-state index contributed by atoms with van der Waals surface area (Å²) in [5, 5.41) is 7.48. The van der Waals surface area contributed by atoms with Crippen LogP contribution in [0.2, 0.25) is 0 Å². The molecule has 5 heteroatoms. The molecule has 1 N–H and O–H groups in total. The molecule has 0 spiro atoms. The number of nitrogens with zero attached hydrogens (tertiary/aromatic N) is 2. The average molecular weight is 267 g/mol. The Kier molecular flexibility index (Phi) is 4.74. The summed E-state index contributed by atoms with van der Waals surface area (Å²) in [6, 6.07) is 2.51. The highest BCUT2D eigenvalue weighted by Crippen LogP contribution is 2.09. The molecule has 0 aromatic carbocycles. The lowest BCUT2D eigenvalue weighted by molar-refractivity contribution is -0.132. The van der Waals surface area contributed by atoms with E-state index in [1.807, 2.05) is 17.3 Å². The number of hydrogen-bond acceptors (Lipinski definition) is 4. The molecule has 2 heterocycles. The van der Waals surface area contributed by atoms with E-state index in [0.29, 0.717) is 19.1 Å². The molecule has 1 unspecified atom stereocenters. The number of piperazine rings is 1. The van der Waals surface area contributed by atoms with Gasteiger partial charge in [-0.25, -0.2) is 0 Å². The Balaban J connectivity index is 1.83. The monoisotopic (exact) mass is 267 g/mol. The average Bonchev–Trinajstić information content (AvgIpc) is 2.84. The predicted octanol–water partition coefficient (Wildman–Crippen LogP) is 1.00. The van der Waals surface area contributed by atoms with Crippen molar-refractivity contribution in [2.24, 2.45) is 0 Å². The molecule has 0 saturated carbocycles. The van der Waals surface area contributed by atoms with Gasteiger partial charge in [0.2, 0.25) is 5.91 Å². The molecule has 4 nitrogen and oxygen atoms in total. The minimum absolute atomic E-state index is 0.204. The number of thiophene rings is 1. The molecule has 0 aliphatic carbocycles. The molecule has 1 amide bonds. The number of rotatable bonds is 4. The molecule has 1 aliphatic heterocycles. The standard InChI is InChI=1S/C13H21N3OS/c1-11-7-14-4-5-16(11)9-13(17)15(2)8-12-3-6-18-10-12/h3,6,10-11,14H,4-5,7-9H2,1-2H3. The van der Waals surface area contributed by atoms with E-state index in [2.05, 4.69) is 28.6 Å². The smallest absolute Gasteiger partial charge is 0.236 e. The van der Waals surface area contributed by atoms with Crippen LogP contribution in [-0.4, -0.2) is 55.0 Å². The van der Waals surface area contributed by atoms with Gasteiger partial charge in [0.15, 0.2) is 0 Å². The van der Waals surface area contributed by atoms with Crippen LogP contribution in [0, 0.1) is 0 Å². The zero-order valence-electron chi connectivity index (χ0n) is 11.1. The van der Waals surface area contributed by atoms with Gasteiger partial charge in [0.25, 0.3) is 0 Å². The lowest BCUT2D eigenvalue weighted by Crippen LogP contribution is -2.52. The fourth-order valence-electron chi connectivity index (χ4n) is 2.16. The minimum atomic E-state index is 0.204. The molecule has 1 aliphatic rings. The van der Waals surface area contributed by atoms with Gasteiger partial charge < -0.3 is 10.2 Å². The van der Waals surface area contributed by atoms with Crippen LogP contribution in [0.25, 0.3) is 0 Å². The van der Waals surface area contributed by atoms with Gasteiger partial charge in [0, 0.05) is 39.3 Å². The summed E-state index contributed by atoms with van der Waals surface area (Å²) >= 11 is 1.67. The van der Waals surface area contributed by atoms with Crippen LogP contribution in [-0.2, 0) is 11.3 Å². The van der Waals surface area contributed by atoms with Gasteiger partial charge in [0.1, 0.15) is 0 Å². The molecule has 0 radical (unpaired) electrons. The van der Waals surface area contributed by atoms with Crippen molar-refractivity contribution in [3.05, 3.63) is 22.4 Å². The Bertz CT molecular complexity index is 380. The first-order valence-corrected chi connectivity index (χ1v) is 7.31. The molecule has 1 aromatic rings. The quantitative estimate of drug-likeness (QED) is 0.884. The van der Waals surface area contributed by atoms with Gasteiger partial charge in [-0.2, -0.15) is 11.3 Å². The molecular weight excluding hydrogens is 246 g/mol. The molecule has 1 fully saturated rings. The van der Waals surface area contributed by atoms with Crippen molar-refractivity contribution in [1.29, 1.82) is 0 Å². The molecule has 1 saturated heterocycles. The summed E-state index contributed by atoms with van der Waals surface area (Å²) in [4.78, 5) is 16.2. The summed E-state index contributed by atoms with van der Waals surface area (Å²) in [7, 11) is 1.88. The van der Waals surface area contributed by atoms with Crippen LogP contribution in [0.1, 0.15) is 12.5 Å². The molecule has 1 aromatic heterocycles. The van der Waals surface area contributed by atoms with E-state index in [1.54, 1.807) is 11.3 Å². The second kappa shape index (κ2) is 6.31. The van der Waals surface area contributed by atoms with E-state index in [1.165, 1.54) is 5.56 Å². The molecule has 1 atom stereocenters. The van der Waals surface area contributed by atoms with E-state index >= 15 is 0 Å². The minimum Gasteiger partial charge on any atom is -0.340 e. The fraction of sp³-hybridized carbons (Fsp3) is 0.615. The van der Waals surface area contributed by atoms with Gasteiger partial charge in [-0.05, 0) is 29.3 Å². The van der Waals surface area contributed by atoms with Gasteiger partial charge in [-0.15, -0.1) is 0 Å². The summed E-state index contributed by atoms with van der Waals surface area (Å²) in [5.41, 5.74) is 1.21. The van der Waals surface area contributed by atoms with Crippen LogP contribution in [0.15, 0.2) is 16.8 Å².